The molecule has 7 heteroatoms. The van der Waals surface area contributed by atoms with Crippen molar-refractivity contribution in [1.29, 1.82) is 0 Å². The summed E-state index contributed by atoms with van der Waals surface area (Å²) >= 11 is 0. The third kappa shape index (κ3) is 4.19. The molecule has 0 aromatic carbocycles. The smallest absolute Gasteiger partial charge is 0.270 e. The number of imidazole rings is 1. The minimum Gasteiger partial charge on any atom is -0.355 e. The number of pyridine rings is 1. The molecule has 3 heterocycles. The fourth-order valence-corrected chi connectivity index (χ4v) is 3.52. The van der Waals surface area contributed by atoms with Crippen molar-refractivity contribution in [3.05, 3.63) is 47.9 Å². The highest BCUT2D eigenvalue weighted by atomic mass is 16.2. The number of nitrogens with zero attached hydrogens (tertiary/aromatic N) is 3. The van der Waals surface area contributed by atoms with Gasteiger partial charge in [0.25, 0.3) is 5.91 Å². The van der Waals surface area contributed by atoms with Crippen LogP contribution < -0.4 is 10.6 Å². The van der Waals surface area contributed by atoms with Gasteiger partial charge in [0.2, 0.25) is 5.91 Å². The van der Waals surface area contributed by atoms with Gasteiger partial charge in [-0.3, -0.25) is 18.9 Å². The van der Waals surface area contributed by atoms with Crippen molar-refractivity contribution in [1.82, 2.24) is 24.9 Å². The summed E-state index contributed by atoms with van der Waals surface area (Å²) in [5, 5.41) is 5.99. The number of amides is 2. The summed E-state index contributed by atoms with van der Waals surface area (Å²) < 4.78 is 1.77. The van der Waals surface area contributed by atoms with E-state index in [4.69, 9.17) is 0 Å². The molecule has 0 spiro atoms. The lowest BCUT2D eigenvalue weighted by molar-refractivity contribution is -0.125. The Hall–Kier alpha value is -2.67. The summed E-state index contributed by atoms with van der Waals surface area (Å²) in [5.41, 5.74) is 2.45. The molecule has 2 aromatic rings. The number of rotatable bonds is 6. The molecule has 0 aliphatic carbocycles. The predicted octanol–water partition coefficient (Wildman–Crippen LogP) is 1.61. The minimum absolute atomic E-state index is 0.0213. The first-order valence-corrected chi connectivity index (χ1v) is 9.40. The lowest BCUT2D eigenvalue weighted by Gasteiger charge is -2.23. The van der Waals surface area contributed by atoms with E-state index < -0.39 is 0 Å². The molecular formula is C20H27N5O2. The Morgan fingerprint density at radius 1 is 1.37 bits per heavy atom. The molecule has 0 radical (unpaired) electrons. The number of hydrogen-bond donors (Lipinski definition) is 2. The van der Waals surface area contributed by atoms with Gasteiger partial charge >= 0.3 is 0 Å². The number of aromatic nitrogens is 2. The average molecular weight is 369 g/mol. The summed E-state index contributed by atoms with van der Waals surface area (Å²) in [4.78, 5) is 31.6. The zero-order valence-electron chi connectivity index (χ0n) is 16.1. The van der Waals surface area contributed by atoms with Crippen molar-refractivity contribution >= 4 is 17.5 Å². The van der Waals surface area contributed by atoms with Gasteiger partial charge in [-0.15, -0.1) is 0 Å². The second kappa shape index (κ2) is 8.35. The van der Waals surface area contributed by atoms with Crippen molar-refractivity contribution in [2.45, 2.75) is 39.3 Å². The fourth-order valence-electron chi connectivity index (χ4n) is 3.52. The van der Waals surface area contributed by atoms with Crippen LogP contribution in [0.4, 0.5) is 0 Å². The Bertz CT molecular complexity index is 857. The first-order chi connectivity index (χ1) is 13.0. The Balaban J connectivity index is 1.72. The zero-order valence-corrected chi connectivity index (χ0v) is 16.1. The van der Waals surface area contributed by atoms with Crippen molar-refractivity contribution in [2.75, 3.05) is 19.6 Å². The zero-order chi connectivity index (χ0) is 19.4. The number of nitrogens with one attached hydrogen (secondary N) is 2. The molecule has 2 amide bonds. The maximum atomic E-state index is 12.8. The molecule has 7 nitrogen and oxygen atoms in total. The molecule has 27 heavy (non-hydrogen) atoms. The van der Waals surface area contributed by atoms with Gasteiger partial charge in [-0.25, -0.2) is 4.98 Å². The van der Waals surface area contributed by atoms with Gasteiger partial charge in [-0.05, 0) is 39.3 Å². The van der Waals surface area contributed by atoms with E-state index in [0.29, 0.717) is 25.2 Å². The third-order valence-corrected chi connectivity index (χ3v) is 4.99. The maximum Gasteiger partial charge on any atom is 0.270 e. The molecular weight excluding hydrogens is 342 g/mol. The number of likely N-dealkylation sites (tertiary alicyclic amines) is 1. The standard InChI is InChI=1S/C20H27N5O2/c1-4-14(3)12-24-13-15(10-16(24)19(26)21-5-2)23-20(27)17-11-22-18-8-6-7-9-25(17)18/h4,6-9,11,15-16H,5,10,12-13H2,1-3H3,(H,21,26)(H,23,27). The van der Waals surface area contributed by atoms with E-state index in [1.807, 2.05) is 38.2 Å². The summed E-state index contributed by atoms with van der Waals surface area (Å²) in [6.07, 6.45) is 6.07. The minimum atomic E-state index is -0.229. The number of fused-ring (bicyclic) bond motifs is 1. The van der Waals surface area contributed by atoms with Gasteiger partial charge in [-0.1, -0.05) is 17.7 Å². The number of carbonyl (C=O) groups excluding carboxylic acids is 2. The Kier molecular flexibility index (Phi) is 5.91. The maximum absolute atomic E-state index is 12.8. The highest BCUT2D eigenvalue weighted by Gasteiger charge is 2.37. The van der Waals surface area contributed by atoms with Crippen LogP contribution in [-0.4, -0.2) is 57.8 Å². The van der Waals surface area contributed by atoms with Gasteiger partial charge < -0.3 is 10.6 Å². The van der Waals surface area contributed by atoms with E-state index in [9.17, 15) is 9.59 Å². The molecule has 2 atom stereocenters. The number of likely N-dealkylation sites (N-methyl/N-ethyl adjacent to an activating group) is 1. The average Bonchev–Trinajstić information content (AvgIpc) is 3.26. The van der Waals surface area contributed by atoms with Crippen molar-refractivity contribution in [3.8, 4) is 0 Å². The topological polar surface area (TPSA) is 78.7 Å². The van der Waals surface area contributed by atoms with Crippen LogP contribution in [0.15, 0.2) is 42.2 Å². The molecule has 2 unspecified atom stereocenters. The second-order valence-corrected chi connectivity index (χ2v) is 6.95. The summed E-state index contributed by atoms with van der Waals surface area (Å²) in [6, 6.07) is 5.31. The molecule has 144 valence electrons. The molecule has 1 fully saturated rings. The Morgan fingerprint density at radius 2 is 2.19 bits per heavy atom. The van der Waals surface area contributed by atoms with Crippen LogP contribution in [0.25, 0.3) is 5.65 Å². The van der Waals surface area contributed by atoms with Crippen LogP contribution in [0.2, 0.25) is 0 Å². The normalized spacial score (nSPS) is 20.8. The van der Waals surface area contributed by atoms with Gasteiger partial charge in [-0.2, -0.15) is 0 Å². The summed E-state index contributed by atoms with van der Waals surface area (Å²) in [7, 11) is 0. The van der Waals surface area contributed by atoms with Crippen molar-refractivity contribution < 1.29 is 9.59 Å². The summed E-state index contributed by atoms with van der Waals surface area (Å²) in [6.45, 7) is 7.94. The number of hydrogen-bond acceptors (Lipinski definition) is 4. The molecule has 1 aliphatic heterocycles. The van der Waals surface area contributed by atoms with Gasteiger partial charge in [0.15, 0.2) is 0 Å². The lowest BCUT2D eigenvalue weighted by Crippen LogP contribution is -2.43. The van der Waals surface area contributed by atoms with E-state index in [1.165, 1.54) is 5.57 Å². The highest BCUT2D eigenvalue weighted by Crippen LogP contribution is 2.20. The molecule has 1 aliphatic rings. The number of carbonyl (C=O) groups is 2. The largest absolute Gasteiger partial charge is 0.355 e. The third-order valence-electron chi connectivity index (χ3n) is 4.99. The molecule has 2 N–H and O–H groups in total. The SMILES string of the molecule is CC=C(C)CN1CC(NC(=O)c2cnc3ccccn23)CC1C(=O)NCC. The Morgan fingerprint density at radius 3 is 2.93 bits per heavy atom. The lowest BCUT2D eigenvalue weighted by atomic mass is 10.1. The molecule has 1 saturated heterocycles. The van der Waals surface area contributed by atoms with Crippen LogP contribution in [0.5, 0.6) is 0 Å². The molecule has 3 rings (SSSR count). The van der Waals surface area contributed by atoms with E-state index >= 15 is 0 Å². The quantitative estimate of drug-likeness (QED) is 0.759. The Labute approximate surface area is 159 Å². The molecule has 2 aromatic heterocycles. The fraction of sp³-hybridized carbons (Fsp3) is 0.450. The van der Waals surface area contributed by atoms with Crippen LogP contribution >= 0.6 is 0 Å². The first kappa shape index (κ1) is 19.1. The van der Waals surface area contributed by atoms with Crippen molar-refractivity contribution in [3.63, 3.8) is 0 Å². The van der Waals surface area contributed by atoms with Crippen molar-refractivity contribution in [2.24, 2.45) is 0 Å². The molecule has 0 bridgehead atoms. The highest BCUT2D eigenvalue weighted by molar-refractivity contribution is 5.93. The van der Waals surface area contributed by atoms with E-state index in [1.54, 1.807) is 10.6 Å². The van der Waals surface area contributed by atoms with E-state index in [0.717, 1.165) is 12.2 Å². The second-order valence-electron chi connectivity index (χ2n) is 6.95. The molecule has 0 saturated carbocycles. The predicted molar refractivity (Wildman–Crippen MR) is 105 cm³/mol. The first-order valence-electron chi connectivity index (χ1n) is 9.40. The van der Waals surface area contributed by atoms with Gasteiger partial charge in [0.05, 0.1) is 12.2 Å². The van der Waals surface area contributed by atoms with Crippen LogP contribution in [0.3, 0.4) is 0 Å². The van der Waals surface area contributed by atoms with E-state index in [2.05, 4.69) is 33.5 Å². The number of allylic oxidation sites excluding steroid dienone is 1. The van der Waals surface area contributed by atoms with Crippen LogP contribution in [-0.2, 0) is 4.79 Å². The monoisotopic (exact) mass is 369 g/mol. The van der Waals surface area contributed by atoms with Crippen LogP contribution in [0, 0.1) is 0 Å². The van der Waals surface area contributed by atoms with Crippen LogP contribution in [0.1, 0.15) is 37.7 Å². The summed E-state index contributed by atoms with van der Waals surface area (Å²) in [5.74, 6) is -0.147. The van der Waals surface area contributed by atoms with E-state index in [-0.39, 0.29) is 23.9 Å². The van der Waals surface area contributed by atoms with Gasteiger partial charge in [0, 0.05) is 31.9 Å². The van der Waals surface area contributed by atoms with Gasteiger partial charge in [0.1, 0.15) is 11.3 Å².